The Bertz CT molecular complexity index is 967. The topological polar surface area (TPSA) is 75.5 Å². The molecule has 2 aliphatic heterocycles. The number of fused-ring (bicyclic) bond motifs is 3. The summed E-state index contributed by atoms with van der Waals surface area (Å²) in [4.78, 5) is 25.5. The Morgan fingerprint density at radius 3 is 2.63 bits per heavy atom. The summed E-state index contributed by atoms with van der Waals surface area (Å²) in [5.41, 5.74) is 1.64. The van der Waals surface area contributed by atoms with Crippen LogP contribution >= 0.6 is 0 Å². The molecular weight excluding hydrogens is 342 g/mol. The van der Waals surface area contributed by atoms with E-state index in [-0.39, 0.29) is 16.5 Å². The molecule has 1 fully saturated rings. The van der Waals surface area contributed by atoms with E-state index in [2.05, 4.69) is 36.2 Å². The van der Waals surface area contributed by atoms with Crippen molar-refractivity contribution in [2.24, 2.45) is 0 Å². The van der Waals surface area contributed by atoms with Gasteiger partial charge in [0.1, 0.15) is 5.66 Å². The number of nitro benzene ring substituents is 1. The minimum atomic E-state index is -0.768. The molecule has 0 saturated carbocycles. The summed E-state index contributed by atoms with van der Waals surface area (Å²) in [5, 5.41) is 14.5. The van der Waals surface area contributed by atoms with E-state index in [0.29, 0.717) is 18.5 Å². The fourth-order valence-electron chi connectivity index (χ4n) is 4.32. The predicted octanol–water partition coefficient (Wildman–Crippen LogP) is 3.62. The van der Waals surface area contributed by atoms with E-state index < -0.39 is 11.1 Å². The molecule has 4 rings (SSSR count). The first-order chi connectivity index (χ1) is 12.9. The molecule has 0 bridgehead atoms. The molecule has 0 radical (unpaired) electrons. The van der Waals surface area contributed by atoms with Gasteiger partial charge in [-0.3, -0.25) is 14.9 Å². The Hall–Kier alpha value is -3.15. The lowest BCUT2D eigenvalue weighted by Gasteiger charge is -2.49. The quantitative estimate of drug-likeness (QED) is 0.667. The van der Waals surface area contributed by atoms with Crippen molar-refractivity contribution >= 4 is 23.4 Å². The number of carbonyl (C=O) groups is 1. The predicted molar refractivity (Wildman–Crippen MR) is 104 cm³/mol. The van der Waals surface area contributed by atoms with Crippen LogP contribution in [0.25, 0.3) is 6.08 Å². The van der Waals surface area contributed by atoms with Crippen molar-refractivity contribution in [3.8, 4) is 0 Å². The van der Waals surface area contributed by atoms with Crippen LogP contribution in [0.1, 0.15) is 31.4 Å². The van der Waals surface area contributed by atoms with Crippen LogP contribution in [0.5, 0.6) is 0 Å². The molecular formula is C21H21N3O3. The van der Waals surface area contributed by atoms with Crippen molar-refractivity contribution in [2.45, 2.75) is 31.3 Å². The zero-order valence-corrected chi connectivity index (χ0v) is 15.3. The molecule has 2 heterocycles. The van der Waals surface area contributed by atoms with Gasteiger partial charge < -0.3 is 10.2 Å². The Kier molecular flexibility index (Phi) is 3.80. The van der Waals surface area contributed by atoms with Gasteiger partial charge in [-0.1, -0.05) is 44.2 Å². The van der Waals surface area contributed by atoms with Gasteiger partial charge in [-0.2, -0.15) is 0 Å². The van der Waals surface area contributed by atoms with E-state index in [4.69, 9.17) is 0 Å². The van der Waals surface area contributed by atoms with E-state index in [1.807, 2.05) is 18.2 Å². The fourth-order valence-corrected chi connectivity index (χ4v) is 4.32. The number of rotatable bonds is 3. The lowest BCUT2D eigenvalue weighted by atomic mass is 9.74. The molecule has 6 nitrogen and oxygen atoms in total. The number of amides is 1. The number of nitro groups is 1. The molecule has 2 aromatic rings. The van der Waals surface area contributed by atoms with Crippen molar-refractivity contribution in [1.29, 1.82) is 0 Å². The van der Waals surface area contributed by atoms with Gasteiger partial charge in [0.25, 0.3) is 5.69 Å². The maximum Gasteiger partial charge on any atom is 0.276 e. The lowest BCUT2D eigenvalue weighted by molar-refractivity contribution is -0.385. The van der Waals surface area contributed by atoms with Crippen LogP contribution in [0.3, 0.4) is 0 Å². The maximum absolute atomic E-state index is 12.4. The lowest BCUT2D eigenvalue weighted by Crippen LogP contribution is -2.68. The van der Waals surface area contributed by atoms with Crippen LogP contribution in [-0.2, 0) is 10.2 Å². The normalized spacial score (nSPS) is 23.0. The molecule has 1 unspecified atom stereocenters. The van der Waals surface area contributed by atoms with Crippen molar-refractivity contribution in [3.63, 3.8) is 0 Å². The molecule has 1 saturated heterocycles. The number of carbonyl (C=O) groups excluding carboxylic acids is 1. The van der Waals surface area contributed by atoms with Crippen LogP contribution in [-0.4, -0.2) is 23.0 Å². The summed E-state index contributed by atoms with van der Waals surface area (Å²) < 4.78 is 0. The summed E-state index contributed by atoms with van der Waals surface area (Å²) in [7, 11) is 0. The molecule has 2 aliphatic rings. The van der Waals surface area contributed by atoms with Crippen molar-refractivity contribution < 1.29 is 9.72 Å². The second kappa shape index (κ2) is 5.94. The standard InChI is InChI=1S/C21H21N3O3/c1-20(2)16-8-4-6-10-18(16)23-14-12-19(25)22-21(20,23)13-11-15-7-3-5-9-17(15)24(26)27/h3-11,13H,12,14H2,1-2H3,(H,22,25)/b13-11+. The second-order valence-electron chi connectivity index (χ2n) is 7.51. The minimum Gasteiger partial charge on any atom is -0.344 e. The molecule has 1 amide bonds. The summed E-state index contributed by atoms with van der Waals surface area (Å²) in [6.45, 7) is 4.80. The van der Waals surface area contributed by atoms with Crippen LogP contribution in [0.2, 0.25) is 0 Å². The zero-order valence-electron chi connectivity index (χ0n) is 15.3. The van der Waals surface area contributed by atoms with Crippen molar-refractivity contribution in [1.82, 2.24) is 5.32 Å². The van der Waals surface area contributed by atoms with E-state index in [1.165, 1.54) is 6.07 Å². The Morgan fingerprint density at radius 2 is 1.85 bits per heavy atom. The van der Waals surface area contributed by atoms with Gasteiger partial charge in [-0.25, -0.2) is 0 Å². The Balaban J connectivity index is 1.86. The molecule has 1 atom stereocenters. The molecule has 0 spiro atoms. The number of nitrogens with one attached hydrogen (secondary N) is 1. The highest BCUT2D eigenvalue weighted by Gasteiger charge is 2.57. The number of para-hydroxylation sites is 2. The first-order valence-corrected chi connectivity index (χ1v) is 8.98. The SMILES string of the molecule is CC1(C)c2ccccc2N2CCC(=O)NC21/C=C/c1ccccc1[N+](=O)[O-]. The smallest absolute Gasteiger partial charge is 0.276 e. The average Bonchev–Trinajstić information content (AvgIpc) is 2.85. The van der Waals surface area contributed by atoms with E-state index in [0.717, 1.165) is 11.3 Å². The van der Waals surface area contributed by atoms with E-state index in [9.17, 15) is 14.9 Å². The molecule has 0 aliphatic carbocycles. The van der Waals surface area contributed by atoms with Gasteiger partial charge in [0.2, 0.25) is 5.91 Å². The second-order valence-corrected chi connectivity index (χ2v) is 7.51. The summed E-state index contributed by atoms with van der Waals surface area (Å²) >= 11 is 0. The number of nitrogens with zero attached hydrogens (tertiary/aromatic N) is 2. The Morgan fingerprint density at radius 1 is 1.15 bits per heavy atom. The van der Waals surface area contributed by atoms with Crippen LogP contribution < -0.4 is 10.2 Å². The highest BCUT2D eigenvalue weighted by atomic mass is 16.6. The van der Waals surface area contributed by atoms with Gasteiger partial charge in [0.15, 0.2) is 0 Å². The third-order valence-corrected chi connectivity index (χ3v) is 5.78. The number of hydrogen-bond acceptors (Lipinski definition) is 4. The third-order valence-electron chi connectivity index (χ3n) is 5.78. The molecule has 2 aromatic carbocycles. The minimum absolute atomic E-state index is 0.0145. The average molecular weight is 363 g/mol. The molecule has 6 heteroatoms. The first-order valence-electron chi connectivity index (χ1n) is 8.98. The van der Waals surface area contributed by atoms with E-state index >= 15 is 0 Å². The van der Waals surface area contributed by atoms with Gasteiger partial charge in [0.05, 0.1) is 10.5 Å². The largest absolute Gasteiger partial charge is 0.344 e. The van der Waals surface area contributed by atoms with Gasteiger partial charge >= 0.3 is 0 Å². The summed E-state index contributed by atoms with van der Waals surface area (Å²) in [6.07, 6.45) is 4.09. The number of benzene rings is 2. The van der Waals surface area contributed by atoms with Crippen LogP contribution in [0, 0.1) is 10.1 Å². The highest BCUT2D eigenvalue weighted by molar-refractivity contribution is 5.84. The number of anilines is 1. The summed E-state index contributed by atoms with van der Waals surface area (Å²) in [6, 6.07) is 14.8. The fraction of sp³-hybridized carbons (Fsp3) is 0.286. The van der Waals surface area contributed by atoms with Gasteiger partial charge in [-0.15, -0.1) is 0 Å². The third kappa shape index (κ3) is 2.44. The van der Waals surface area contributed by atoms with Gasteiger partial charge in [0, 0.05) is 30.1 Å². The molecule has 27 heavy (non-hydrogen) atoms. The molecule has 138 valence electrons. The van der Waals surface area contributed by atoms with Crippen LogP contribution in [0.4, 0.5) is 11.4 Å². The van der Waals surface area contributed by atoms with Crippen molar-refractivity contribution in [2.75, 3.05) is 11.4 Å². The molecule has 1 N–H and O–H groups in total. The molecule has 0 aromatic heterocycles. The number of hydrogen-bond donors (Lipinski definition) is 1. The monoisotopic (exact) mass is 363 g/mol. The first kappa shape index (κ1) is 17.3. The Labute approximate surface area is 157 Å². The van der Waals surface area contributed by atoms with Crippen LogP contribution in [0.15, 0.2) is 54.6 Å². The zero-order chi connectivity index (χ0) is 19.2. The van der Waals surface area contributed by atoms with E-state index in [1.54, 1.807) is 24.3 Å². The highest BCUT2D eigenvalue weighted by Crippen LogP contribution is 2.52. The van der Waals surface area contributed by atoms with Crippen molar-refractivity contribution in [3.05, 3.63) is 75.8 Å². The summed E-state index contributed by atoms with van der Waals surface area (Å²) in [5.74, 6) is -0.0145. The van der Waals surface area contributed by atoms with Gasteiger partial charge in [-0.05, 0) is 29.8 Å². The maximum atomic E-state index is 12.4.